The fourth-order valence-corrected chi connectivity index (χ4v) is 4.15. The second kappa shape index (κ2) is 8.32. The molecule has 0 bridgehead atoms. The highest BCUT2D eigenvalue weighted by molar-refractivity contribution is 6.30. The topological polar surface area (TPSA) is 66.6 Å². The first-order valence-corrected chi connectivity index (χ1v) is 10.8. The number of benzene rings is 1. The Morgan fingerprint density at radius 3 is 2.53 bits per heavy atom. The lowest BCUT2D eigenvalue weighted by Gasteiger charge is -2.33. The van der Waals surface area contributed by atoms with Crippen LogP contribution in [0.4, 0.5) is 0 Å². The number of aromatic nitrogens is 4. The number of hydrogen-bond acceptors (Lipinski definition) is 5. The Bertz CT molecular complexity index is 1080. The van der Waals surface area contributed by atoms with Crippen molar-refractivity contribution < 1.29 is 4.79 Å². The summed E-state index contributed by atoms with van der Waals surface area (Å²) in [5, 5.41) is 14.3. The summed E-state index contributed by atoms with van der Waals surface area (Å²) in [6.07, 6.45) is 0. The summed E-state index contributed by atoms with van der Waals surface area (Å²) in [6.45, 7) is 12.4. The predicted octanol–water partition coefficient (Wildman–Crippen LogP) is 3.65. The summed E-state index contributed by atoms with van der Waals surface area (Å²) in [5.74, 6) is 0.102. The number of amides is 1. The molecule has 4 rings (SSSR count). The number of carbonyl (C=O) groups is 1. The molecule has 0 radical (unpaired) electrons. The fourth-order valence-electron chi connectivity index (χ4n) is 3.96. The van der Waals surface area contributed by atoms with Crippen LogP contribution in [0.25, 0.3) is 16.8 Å². The minimum Gasteiger partial charge on any atom is -0.335 e. The van der Waals surface area contributed by atoms with Crippen molar-refractivity contribution >= 4 is 23.2 Å². The van der Waals surface area contributed by atoms with Crippen LogP contribution in [0.5, 0.6) is 0 Å². The zero-order valence-electron chi connectivity index (χ0n) is 17.9. The second-order valence-electron chi connectivity index (χ2n) is 8.02. The van der Waals surface area contributed by atoms with Gasteiger partial charge < -0.3 is 9.80 Å². The third-order valence-electron chi connectivity index (χ3n) is 5.76. The van der Waals surface area contributed by atoms with Crippen molar-refractivity contribution in [3.05, 3.63) is 46.4 Å². The molecule has 0 unspecified atom stereocenters. The summed E-state index contributed by atoms with van der Waals surface area (Å²) in [7, 11) is 0. The smallest absolute Gasteiger partial charge is 0.276 e. The van der Waals surface area contributed by atoms with Crippen molar-refractivity contribution in [2.24, 2.45) is 0 Å². The molecular weight excluding hydrogens is 400 g/mol. The number of aryl methyl sites for hydroxylation is 1. The quantitative estimate of drug-likeness (QED) is 0.637. The van der Waals surface area contributed by atoms with Crippen molar-refractivity contribution in [1.29, 1.82) is 0 Å². The van der Waals surface area contributed by atoms with Crippen LogP contribution < -0.4 is 0 Å². The minimum atomic E-state index is -0.0800. The van der Waals surface area contributed by atoms with Gasteiger partial charge in [0.1, 0.15) is 0 Å². The Morgan fingerprint density at radius 2 is 1.90 bits per heavy atom. The lowest BCUT2D eigenvalue weighted by Crippen LogP contribution is -2.48. The molecule has 1 aliphatic rings. The van der Waals surface area contributed by atoms with Crippen molar-refractivity contribution in [3.8, 4) is 11.1 Å². The number of nitrogens with zero attached hydrogens (tertiary/aromatic N) is 6. The predicted molar refractivity (Wildman–Crippen MR) is 118 cm³/mol. The Labute approximate surface area is 181 Å². The molecule has 0 saturated carbocycles. The fraction of sp³-hybridized carbons (Fsp3) is 0.455. The summed E-state index contributed by atoms with van der Waals surface area (Å²) < 4.78 is 1.76. The van der Waals surface area contributed by atoms with Gasteiger partial charge in [-0.1, -0.05) is 44.5 Å². The Morgan fingerprint density at radius 1 is 1.17 bits per heavy atom. The number of rotatable bonds is 4. The zero-order valence-corrected chi connectivity index (χ0v) is 18.6. The van der Waals surface area contributed by atoms with E-state index in [4.69, 9.17) is 16.7 Å². The van der Waals surface area contributed by atoms with E-state index in [0.29, 0.717) is 35.1 Å². The molecule has 2 aromatic heterocycles. The van der Waals surface area contributed by atoms with Gasteiger partial charge in [-0.25, -0.2) is 4.52 Å². The number of likely N-dealkylation sites (N-methyl/N-ethyl adjacent to an activating group) is 1. The lowest BCUT2D eigenvalue weighted by molar-refractivity contribution is 0.0634. The maximum atomic E-state index is 13.1. The van der Waals surface area contributed by atoms with Crippen molar-refractivity contribution in [1.82, 2.24) is 29.6 Å². The van der Waals surface area contributed by atoms with E-state index in [2.05, 4.69) is 35.9 Å². The Balaban J connectivity index is 1.77. The highest BCUT2D eigenvalue weighted by Crippen LogP contribution is 2.33. The number of fused-ring (bicyclic) bond motifs is 1. The molecule has 0 spiro atoms. The van der Waals surface area contributed by atoms with E-state index in [1.165, 1.54) is 0 Å². The standard InChI is InChI=1S/C22H27ClN6O/c1-5-27-9-11-28(12-10-27)22(30)20-15(4)29-21(25-24-20)18(19(26-29)14(2)3)16-7-6-8-17(23)13-16/h6-8,13-14H,5,9-12H2,1-4H3. The second-order valence-corrected chi connectivity index (χ2v) is 8.46. The Kier molecular flexibility index (Phi) is 5.75. The third-order valence-corrected chi connectivity index (χ3v) is 6.00. The van der Waals surface area contributed by atoms with Crippen LogP contribution in [-0.4, -0.2) is 68.2 Å². The van der Waals surface area contributed by atoms with Crippen LogP contribution in [0.1, 0.15) is 48.6 Å². The van der Waals surface area contributed by atoms with Crippen molar-refractivity contribution in [2.45, 2.75) is 33.6 Å². The number of hydrogen-bond donors (Lipinski definition) is 0. The molecule has 30 heavy (non-hydrogen) atoms. The van der Waals surface area contributed by atoms with Crippen molar-refractivity contribution in [2.75, 3.05) is 32.7 Å². The van der Waals surface area contributed by atoms with Gasteiger partial charge >= 0.3 is 0 Å². The first-order valence-electron chi connectivity index (χ1n) is 10.4. The van der Waals surface area contributed by atoms with Crippen LogP contribution in [-0.2, 0) is 0 Å². The largest absolute Gasteiger partial charge is 0.335 e. The average Bonchev–Trinajstić information content (AvgIpc) is 3.14. The third kappa shape index (κ3) is 3.68. The van der Waals surface area contributed by atoms with Crippen molar-refractivity contribution in [3.63, 3.8) is 0 Å². The van der Waals surface area contributed by atoms with E-state index in [-0.39, 0.29) is 11.8 Å². The molecule has 8 heteroatoms. The van der Waals surface area contributed by atoms with Crippen LogP contribution >= 0.6 is 11.6 Å². The molecule has 0 atom stereocenters. The molecule has 1 aliphatic heterocycles. The molecule has 0 N–H and O–H groups in total. The highest BCUT2D eigenvalue weighted by Gasteiger charge is 2.27. The molecular formula is C22H27ClN6O. The van der Waals surface area contributed by atoms with Gasteiger partial charge in [0, 0.05) is 31.2 Å². The van der Waals surface area contributed by atoms with Gasteiger partial charge in [-0.3, -0.25) is 4.79 Å². The van der Waals surface area contributed by atoms with Gasteiger partial charge in [0.15, 0.2) is 11.3 Å². The summed E-state index contributed by atoms with van der Waals surface area (Å²) >= 11 is 6.23. The number of carbonyl (C=O) groups excluding carboxylic acids is 1. The highest BCUT2D eigenvalue weighted by atomic mass is 35.5. The molecule has 0 aliphatic carbocycles. The molecule has 158 valence electrons. The minimum absolute atomic E-state index is 0.0800. The summed E-state index contributed by atoms with van der Waals surface area (Å²) in [5.41, 5.74) is 4.49. The maximum Gasteiger partial charge on any atom is 0.276 e. The molecule has 1 aromatic carbocycles. The van der Waals surface area contributed by atoms with Gasteiger partial charge in [0.05, 0.1) is 17.0 Å². The van der Waals surface area contributed by atoms with Gasteiger partial charge in [0.2, 0.25) is 0 Å². The van der Waals surface area contributed by atoms with E-state index >= 15 is 0 Å². The molecule has 3 aromatic rings. The summed E-state index contributed by atoms with van der Waals surface area (Å²) in [4.78, 5) is 17.3. The molecule has 1 fully saturated rings. The van der Waals surface area contributed by atoms with E-state index in [1.807, 2.05) is 36.1 Å². The van der Waals surface area contributed by atoms with Gasteiger partial charge in [-0.15, -0.1) is 10.2 Å². The Hall–Kier alpha value is -2.51. The number of halogens is 1. The van der Waals surface area contributed by atoms with Crippen LogP contribution in [0.3, 0.4) is 0 Å². The zero-order chi connectivity index (χ0) is 21.4. The lowest BCUT2D eigenvalue weighted by atomic mass is 9.99. The molecule has 1 amide bonds. The van der Waals surface area contributed by atoms with Gasteiger partial charge in [-0.2, -0.15) is 5.10 Å². The normalized spacial score (nSPS) is 15.3. The average molecular weight is 427 g/mol. The first-order chi connectivity index (χ1) is 14.4. The van der Waals surface area contributed by atoms with Crippen LogP contribution in [0.2, 0.25) is 5.02 Å². The SMILES string of the molecule is CCN1CCN(C(=O)c2nnc3c(-c4cccc(Cl)c4)c(C(C)C)nn3c2C)CC1. The molecule has 1 saturated heterocycles. The van der Waals surface area contributed by atoms with E-state index < -0.39 is 0 Å². The maximum absolute atomic E-state index is 13.1. The van der Waals surface area contributed by atoms with Crippen LogP contribution in [0, 0.1) is 6.92 Å². The van der Waals surface area contributed by atoms with Gasteiger partial charge in [-0.05, 0) is 37.1 Å². The molecule has 3 heterocycles. The van der Waals surface area contributed by atoms with E-state index in [0.717, 1.165) is 36.5 Å². The van der Waals surface area contributed by atoms with Crippen LogP contribution in [0.15, 0.2) is 24.3 Å². The van der Waals surface area contributed by atoms with E-state index in [1.54, 1.807) is 4.52 Å². The van der Waals surface area contributed by atoms with Gasteiger partial charge in [0.25, 0.3) is 5.91 Å². The monoisotopic (exact) mass is 426 g/mol. The number of piperazine rings is 1. The van der Waals surface area contributed by atoms with E-state index in [9.17, 15) is 4.79 Å². The first kappa shape index (κ1) is 20.8. The summed E-state index contributed by atoms with van der Waals surface area (Å²) in [6, 6.07) is 7.67. The molecule has 7 nitrogen and oxygen atoms in total.